The number of nitrogens with one attached hydrogen (secondary N) is 2. The molecule has 0 spiro atoms. The van der Waals surface area contributed by atoms with Crippen LogP contribution in [0.3, 0.4) is 0 Å². The summed E-state index contributed by atoms with van der Waals surface area (Å²) in [6.45, 7) is 0.329. The lowest BCUT2D eigenvalue weighted by Crippen LogP contribution is -2.45. The number of carbonyl (C=O) groups excluding carboxylic acids is 3. The summed E-state index contributed by atoms with van der Waals surface area (Å²) in [6.07, 6.45) is 0.148. The monoisotopic (exact) mass is 249 g/mol. The number of primary amides is 1. The van der Waals surface area contributed by atoms with Crippen molar-refractivity contribution in [3.63, 3.8) is 0 Å². The van der Waals surface area contributed by atoms with E-state index in [4.69, 9.17) is 5.73 Å². The lowest BCUT2D eigenvalue weighted by molar-refractivity contribution is -0.128. The van der Waals surface area contributed by atoms with Crippen LogP contribution in [0.5, 0.6) is 0 Å². The highest BCUT2D eigenvalue weighted by Gasteiger charge is 2.19. The maximum atomic E-state index is 11.7. The molecule has 0 aliphatic heterocycles. The standard InChI is InChI=1S/C12H15N3O3/c13-11(17)6-10(15-8-16)12(18)14-7-9-4-2-1-3-5-9/h1-5,8,10H,6-7H2,(H2,13,17)(H,14,18)(H,15,16)/t10-/m0/s1. The molecule has 18 heavy (non-hydrogen) atoms. The molecule has 0 saturated heterocycles. The van der Waals surface area contributed by atoms with Gasteiger partial charge in [0.05, 0.1) is 6.42 Å². The minimum atomic E-state index is -0.927. The molecule has 3 amide bonds. The second-order valence-corrected chi connectivity index (χ2v) is 3.71. The Balaban J connectivity index is 2.51. The summed E-state index contributed by atoms with van der Waals surface area (Å²) in [6, 6.07) is 8.36. The minimum Gasteiger partial charge on any atom is -0.370 e. The zero-order valence-electron chi connectivity index (χ0n) is 9.76. The Kier molecular flexibility index (Phi) is 5.37. The summed E-state index contributed by atoms with van der Waals surface area (Å²) in [5, 5.41) is 4.88. The molecule has 6 nitrogen and oxygen atoms in total. The first-order valence-electron chi connectivity index (χ1n) is 5.43. The second kappa shape index (κ2) is 7.05. The first kappa shape index (κ1) is 13.7. The van der Waals surface area contributed by atoms with Gasteiger partial charge in [0, 0.05) is 6.54 Å². The lowest BCUT2D eigenvalue weighted by Gasteiger charge is -2.14. The fourth-order valence-corrected chi connectivity index (χ4v) is 1.42. The first-order chi connectivity index (χ1) is 8.63. The van der Waals surface area contributed by atoms with Crippen molar-refractivity contribution in [3.05, 3.63) is 35.9 Å². The third kappa shape index (κ3) is 4.65. The fourth-order valence-electron chi connectivity index (χ4n) is 1.42. The van der Waals surface area contributed by atoms with Crippen LogP contribution < -0.4 is 16.4 Å². The molecule has 0 unspecified atom stereocenters. The van der Waals surface area contributed by atoms with Gasteiger partial charge in [0.25, 0.3) is 0 Å². The van der Waals surface area contributed by atoms with Crippen molar-refractivity contribution >= 4 is 18.2 Å². The highest BCUT2D eigenvalue weighted by Crippen LogP contribution is 1.98. The molecule has 96 valence electrons. The summed E-state index contributed by atoms with van der Waals surface area (Å²) < 4.78 is 0. The van der Waals surface area contributed by atoms with Crippen molar-refractivity contribution in [1.82, 2.24) is 10.6 Å². The molecule has 0 aliphatic carbocycles. The van der Waals surface area contributed by atoms with E-state index in [0.717, 1.165) is 5.56 Å². The van der Waals surface area contributed by atoms with Gasteiger partial charge >= 0.3 is 0 Å². The smallest absolute Gasteiger partial charge is 0.243 e. The van der Waals surface area contributed by atoms with Crippen LogP contribution in [-0.4, -0.2) is 24.3 Å². The van der Waals surface area contributed by atoms with Crippen molar-refractivity contribution in [1.29, 1.82) is 0 Å². The highest BCUT2D eigenvalue weighted by molar-refractivity contribution is 5.89. The van der Waals surface area contributed by atoms with E-state index in [2.05, 4.69) is 10.6 Å². The summed E-state index contributed by atoms with van der Waals surface area (Å²) in [7, 11) is 0. The zero-order valence-corrected chi connectivity index (χ0v) is 9.76. The van der Waals surface area contributed by atoms with Crippen molar-refractivity contribution in [2.75, 3.05) is 0 Å². The molecule has 0 fully saturated rings. The number of rotatable bonds is 7. The van der Waals surface area contributed by atoms with Crippen LogP contribution in [0.4, 0.5) is 0 Å². The second-order valence-electron chi connectivity index (χ2n) is 3.71. The Morgan fingerprint density at radius 2 is 1.94 bits per heavy atom. The average Bonchev–Trinajstić information content (AvgIpc) is 2.36. The number of amides is 3. The van der Waals surface area contributed by atoms with Crippen LogP contribution >= 0.6 is 0 Å². The quantitative estimate of drug-likeness (QED) is 0.556. The number of benzene rings is 1. The van der Waals surface area contributed by atoms with Crippen molar-refractivity contribution in [2.45, 2.75) is 19.0 Å². The summed E-state index contributed by atoms with van der Waals surface area (Å²) in [5.41, 5.74) is 5.92. The minimum absolute atomic E-state index is 0.223. The van der Waals surface area contributed by atoms with Crippen molar-refractivity contribution in [2.24, 2.45) is 5.73 Å². The molecule has 0 radical (unpaired) electrons. The predicted octanol–water partition coefficient (Wildman–Crippen LogP) is -0.707. The van der Waals surface area contributed by atoms with Crippen molar-refractivity contribution < 1.29 is 14.4 Å². The van der Waals surface area contributed by atoms with E-state index in [1.807, 2.05) is 30.3 Å². The fraction of sp³-hybridized carbons (Fsp3) is 0.250. The number of hydrogen-bond acceptors (Lipinski definition) is 3. The predicted molar refractivity (Wildman–Crippen MR) is 65.1 cm³/mol. The topological polar surface area (TPSA) is 101 Å². The van der Waals surface area contributed by atoms with Crippen molar-refractivity contribution in [3.8, 4) is 0 Å². The Bertz CT molecular complexity index is 420. The van der Waals surface area contributed by atoms with Crippen LogP contribution in [0.25, 0.3) is 0 Å². The molecule has 0 aromatic heterocycles. The van der Waals surface area contributed by atoms with E-state index in [9.17, 15) is 14.4 Å². The van der Waals surface area contributed by atoms with Crippen LogP contribution in [0.2, 0.25) is 0 Å². The molecule has 0 saturated carbocycles. The normalized spacial score (nSPS) is 11.3. The van der Waals surface area contributed by atoms with Crippen LogP contribution in [-0.2, 0) is 20.9 Å². The molecule has 4 N–H and O–H groups in total. The van der Waals surface area contributed by atoms with E-state index in [1.54, 1.807) is 0 Å². The molecule has 0 aliphatic rings. The molecule has 1 aromatic carbocycles. The van der Waals surface area contributed by atoms with E-state index in [-0.39, 0.29) is 6.42 Å². The van der Waals surface area contributed by atoms with Gasteiger partial charge in [0.1, 0.15) is 6.04 Å². The number of hydrogen-bond donors (Lipinski definition) is 3. The molecular formula is C12H15N3O3. The van der Waals surface area contributed by atoms with Gasteiger partial charge < -0.3 is 16.4 Å². The maximum absolute atomic E-state index is 11.7. The SMILES string of the molecule is NC(=O)C[C@H](NC=O)C(=O)NCc1ccccc1. The van der Waals surface area contributed by atoms with Gasteiger partial charge in [0.2, 0.25) is 18.2 Å². The average molecular weight is 249 g/mol. The molecule has 1 rings (SSSR count). The Morgan fingerprint density at radius 1 is 1.28 bits per heavy atom. The van der Waals surface area contributed by atoms with Crippen LogP contribution in [0.1, 0.15) is 12.0 Å². The van der Waals surface area contributed by atoms with Gasteiger partial charge in [0.15, 0.2) is 0 Å². The maximum Gasteiger partial charge on any atom is 0.243 e. The van der Waals surface area contributed by atoms with E-state index < -0.39 is 17.9 Å². The Morgan fingerprint density at radius 3 is 2.50 bits per heavy atom. The van der Waals surface area contributed by atoms with E-state index in [1.165, 1.54) is 0 Å². The summed E-state index contributed by atoms with van der Waals surface area (Å²) >= 11 is 0. The molecule has 1 atom stereocenters. The Hall–Kier alpha value is -2.37. The van der Waals surface area contributed by atoms with Gasteiger partial charge in [-0.05, 0) is 5.56 Å². The highest BCUT2D eigenvalue weighted by atomic mass is 16.2. The van der Waals surface area contributed by atoms with Gasteiger partial charge in [-0.25, -0.2) is 0 Å². The van der Waals surface area contributed by atoms with Gasteiger partial charge in [-0.15, -0.1) is 0 Å². The van der Waals surface area contributed by atoms with Gasteiger partial charge in [-0.1, -0.05) is 30.3 Å². The van der Waals surface area contributed by atoms with Crippen LogP contribution in [0.15, 0.2) is 30.3 Å². The van der Waals surface area contributed by atoms with Gasteiger partial charge in [-0.2, -0.15) is 0 Å². The molecule has 6 heteroatoms. The van der Waals surface area contributed by atoms with E-state index in [0.29, 0.717) is 13.0 Å². The molecule has 0 bridgehead atoms. The largest absolute Gasteiger partial charge is 0.370 e. The Labute approximate surface area is 105 Å². The van der Waals surface area contributed by atoms with Crippen LogP contribution in [0, 0.1) is 0 Å². The van der Waals surface area contributed by atoms with E-state index >= 15 is 0 Å². The summed E-state index contributed by atoms with van der Waals surface area (Å²) in [4.78, 5) is 32.8. The third-order valence-electron chi connectivity index (χ3n) is 2.30. The number of carbonyl (C=O) groups is 3. The number of nitrogens with two attached hydrogens (primary N) is 1. The lowest BCUT2D eigenvalue weighted by atomic mass is 10.1. The van der Waals surface area contributed by atoms with Gasteiger partial charge in [-0.3, -0.25) is 14.4 Å². The molecular weight excluding hydrogens is 234 g/mol. The molecule has 1 aromatic rings. The molecule has 0 heterocycles. The third-order valence-corrected chi connectivity index (χ3v) is 2.30. The summed E-state index contributed by atoms with van der Waals surface area (Å²) in [5.74, 6) is -1.09. The zero-order chi connectivity index (χ0) is 13.4. The first-order valence-corrected chi connectivity index (χ1v) is 5.43.